The van der Waals surface area contributed by atoms with E-state index in [0.29, 0.717) is 30.9 Å². The van der Waals surface area contributed by atoms with Crippen LogP contribution in [0.15, 0.2) is 72.8 Å². The van der Waals surface area contributed by atoms with Gasteiger partial charge in [-0.25, -0.2) is 0 Å². The summed E-state index contributed by atoms with van der Waals surface area (Å²) in [5.74, 6) is 1.30. The SMILES string of the molecule is CN1CC[C@]23c4c5ccc(Oc6nnnn6-c6ccccc6)c4O[C@H]2C(=O)CC[C@@]3(OCCCc2ccccc2)[C@H]1C5. The summed E-state index contributed by atoms with van der Waals surface area (Å²) in [6.45, 7) is 1.51. The lowest BCUT2D eigenvalue weighted by molar-refractivity contribution is -0.210. The Hall–Kier alpha value is -4.08. The van der Waals surface area contributed by atoms with Gasteiger partial charge in [0, 0.05) is 24.6 Å². The van der Waals surface area contributed by atoms with E-state index in [0.717, 1.165) is 43.5 Å². The molecule has 2 fully saturated rings. The van der Waals surface area contributed by atoms with Crippen LogP contribution in [0.3, 0.4) is 0 Å². The minimum absolute atomic E-state index is 0.144. The molecule has 9 heteroatoms. The maximum atomic E-state index is 13.7. The molecular weight excluding hydrogens is 530 g/mol. The highest BCUT2D eigenvalue weighted by Gasteiger charge is 2.74. The fourth-order valence-corrected chi connectivity index (χ4v) is 8.12. The summed E-state index contributed by atoms with van der Waals surface area (Å²) in [5.41, 5.74) is 3.32. The molecule has 0 amide bonds. The third-order valence-corrected chi connectivity index (χ3v) is 9.93. The second-order valence-electron chi connectivity index (χ2n) is 12.0. The fourth-order valence-electron chi connectivity index (χ4n) is 8.12. The Balaban J connectivity index is 1.18. The fraction of sp³-hybridized carbons (Fsp3) is 0.394. The molecule has 2 aliphatic heterocycles. The summed E-state index contributed by atoms with van der Waals surface area (Å²) < 4.78 is 21.7. The van der Waals surface area contributed by atoms with E-state index in [-0.39, 0.29) is 17.8 Å². The number of rotatable bonds is 8. The Morgan fingerprint density at radius 1 is 1.02 bits per heavy atom. The van der Waals surface area contributed by atoms with E-state index >= 15 is 0 Å². The van der Waals surface area contributed by atoms with Crippen molar-refractivity contribution in [3.05, 3.63) is 89.5 Å². The molecule has 2 bridgehead atoms. The summed E-state index contributed by atoms with van der Waals surface area (Å²) in [6.07, 6.45) is 4.05. The van der Waals surface area contributed by atoms with Crippen LogP contribution in [0, 0.1) is 0 Å². The molecule has 0 unspecified atom stereocenters. The van der Waals surface area contributed by atoms with Gasteiger partial charge in [-0.15, -0.1) is 0 Å². The molecule has 1 aromatic heterocycles. The summed E-state index contributed by atoms with van der Waals surface area (Å²) >= 11 is 0. The third kappa shape index (κ3) is 3.63. The highest BCUT2D eigenvalue weighted by molar-refractivity contribution is 5.90. The van der Waals surface area contributed by atoms with Crippen LogP contribution in [0.5, 0.6) is 17.5 Å². The summed E-state index contributed by atoms with van der Waals surface area (Å²) in [5, 5.41) is 12.2. The molecule has 3 heterocycles. The smallest absolute Gasteiger partial charge is 0.346 e. The average molecular weight is 564 g/mol. The van der Waals surface area contributed by atoms with Gasteiger partial charge in [-0.2, -0.15) is 4.68 Å². The molecule has 8 rings (SSSR count). The number of carbonyl (C=O) groups is 1. The minimum atomic E-state index is -0.597. The van der Waals surface area contributed by atoms with Crippen molar-refractivity contribution < 1.29 is 19.0 Å². The first-order valence-electron chi connectivity index (χ1n) is 14.9. The number of nitrogens with zero attached hydrogens (tertiary/aromatic N) is 5. The maximum absolute atomic E-state index is 13.7. The molecule has 0 N–H and O–H groups in total. The van der Waals surface area contributed by atoms with Crippen LogP contribution < -0.4 is 9.47 Å². The number of aromatic nitrogens is 4. The number of aryl methyl sites for hydroxylation is 1. The maximum Gasteiger partial charge on any atom is 0.346 e. The first-order chi connectivity index (χ1) is 20.6. The van der Waals surface area contributed by atoms with Crippen LogP contribution in [0.1, 0.15) is 42.4 Å². The van der Waals surface area contributed by atoms with Gasteiger partial charge in [-0.3, -0.25) is 4.79 Å². The minimum Gasteiger partial charge on any atom is -0.477 e. The molecule has 4 aromatic rings. The van der Waals surface area contributed by atoms with Gasteiger partial charge in [-0.1, -0.05) is 59.7 Å². The van der Waals surface area contributed by atoms with Crippen molar-refractivity contribution in [1.29, 1.82) is 0 Å². The van der Waals surface area contributed by atoms with Gasteiger partial charge < -0.3 is 19.1 Å². The zero-order valence-electron chi connectivity index (χ0n) is 23.6. The van der Waals surface area contributed by atoms with E-state index in [1.807, 2.05) is 42.5 Å². The van der Waals surface area contributed by atoms with Crippen molar-refractivity contribution in [2.24, 2.45) is 0 Å². The Labute approximate surface area is 244 Å². The zero-order valence-corrected chi connectivity index (χ0v) is 23.6. The molecule has 42 heavy (non-hydrogen) atoms. The third-order valence-electron chi connectivity index (χ3n) is 9.93. The number of hydrogen-bond donors (Lipinski definition) is 0. The highest BCUT2D eigenvalue weighted by atomic mass is 16.6. The lowest BCUT2D eigenvalue weighted by Gasteiger charge is -2.64. The Morgan fingerprint density at radius 3 is 2.67 bits per heavy atom. The molecule has 2 aliphatic carbocycles. The zero-order chi connectivity index (χ0) is 28.3. The van der Waals surface area contributed by atoms with E-state index in [1.54, 1.807) is 4.68 Å². The van der Waals surface area contributed by atoms with Crippen molar-refractivity contribution in [2.45, 2.75) is 61.7 Å². The van der Waals surface area contributed by atoms with Crippen LogP contribution in [0.2, 0.25) is 0 Å². The van der Waals surface area contributed by atoms with Crippen LogP contribution in [0.25, 0.3) is 5.69 Å². The number of ether oxygens (including phenoxy) is 3. The van der Waals surface area contributed by atoms with Crippen LogP contribution in [-0.2, 0) is 27.8 Å². The largest absolute Gasteiger partial charge is 0.477 e. The number of likely N-dealkylation sites (tertiary alicyclic amines) is 1. The molecule has 1 saturated heterocycles. The quantitative estimate of drug-likeness (QED) is 0.290. The number of benzene rings is 3. The van der Waals surface area contributed by atoms with Crippen molar-refractivity contribution >= 4 is 5.78 Å². The lowest BCUT2D eigenvalue weighted by Crippen LogP contribution is -2.77. The molecule has 214 valence electrons. The van der Waals surface area contributed by atoms with Gasteiger partial charge in [0.2, 0.25) is 0 Å². The molecule has 1 saturated carbocycles. The lowest BCUT2D eigenvalue weighted by atomic mass is 9.49. The molecule has 3 aromatic carbocycles. The Kier molecular flexibility index (Phi) is 5.94. The van der Waals surface area contributed by atoms with E-state index in [2.05, 4.69) is 57.8 Å². The highest BCUT2D eigenvalue weighted by Crippen LogP contribution is 2.66. The molecule has 0 radical (unpaired) electrons. The van der Waals surface area contributed by atoms with E-state index in [4.69, 9.17) is 14.2 Å². The normalized spacial score (nSPS) is 27.4. The predicted octanol–water partition coefficient (Wildman–Crippen LogP) is 4.46. The van der Waals surface area contributed by atoms with Gasteiger partial charge in [0.25, 0.3) is 0 Å². The summed E-state index contributed by atoms with van der Waals surface area (Å²) in [6, 6.07) is 24.6. The number of carbonyl (C=O) groups excluding carboxylic acids is 1. The molecule has 4 aliphatic rings. The predicted molar refractivity (Wildman–Crippen MR) is 154 cm³/mol. The Morgan fingerprint density at radius 2 is 1.83 bits per heavy atom. The van der Waals surface area contributed by atoms with Gasteiger partial charge in [-0.05, 0) is 85.4 Å². The monoisotopic (exact) mass is 563 g/mol. The van der Waals surface area contributed by atoms with E-state index in [9.17, 15) is 4.79 Å². The number of likely N-dealkylation sites (N-methyl/N-ethyl adjacent to an activating group) is 1. The van der Waals surface area contributed by atoms with Crippen LogP contribution in [0.4, 0.5) is 0 Å². The number of tetrazole rings is 1. The van der Waals surface area contributed by atoms with Crippen molar-refractivity contribution in [3.63, 3.8) is 0 Å². The standard InChI is InChI=1S/C33H33N5O4/c1-37-19-18-32-28-23-14-15-26(41-31-34-35-36-38(31)24-12-6-3-7-13-24)29(28)42-30(32)25(39)16-17-33(32,27(37)21-23)40-20-8-11-22-9-4-2-5-10-22/h2-7,9-10,12-15,27,30H,8,11,16-21H2,1H3/t27-,30+,32+,33-/m1/s1. The Bertz CT molecular complexity index is 1640. The second kappa shape index (κ2) is 9.74. The average Bonchev–Trinajstić information content (AvgIpc) is 3.63. The van der Waals surface area contributed by atoms with Crippen molar-refractivity contribution in [3.8, 4) is 23.2 Å². The molecule has 1 spiro atoms. The van der Waals surface area contributed by atoms with Crippen LogP contribution >= 0.6 is 0 Å². The van der Waals surface area contributed by atoms with Crippen LogP contribution in [-0.4, -0.2) is 68.8 Å². The topological polar surface area (TPSA) is 91.6 Å². The number of piperidine rings is 1. The number of para-hydroxylation sites is 1. The molecule has 4 atom stereocenters. The van der Waals surface area contributed by atoms with Gasteiger partial charge in [0.15, 0.2) is 23.4 Å². The summed E-state index contributed by atoms with van der Waals surface area (Å²) in [7, 11) is 2.20. The number of Topliss-reactive ketones (excluding diaryl/α,β-unsaturated/α-hetero) is 1. The van der Waals surface area contributed by atoms with Gasteiger partial charge >= 0.3 is 6.01 Å². The first-order valence-corrected chi connectivity index (χ1v) is 14.9. The first kappa shape index (κ1) is 25.6. The molecular formula is C33H33N5O4. The van der Waals surface area contributed by atoms with E-state index < -0.39 is 17.1 Å². The summed E-state index contributed by atoms with van der Waals surface area (Å²) in [4.78, 5) is 16.1. The number of hydrogen-bond acceptors (Lipinski definition) is 8. The van der Waals surface area contributed by atoms with E-state index in [1.165, 1.54) is 11.1 Å². The number of ketones is 1. The van der Waals surface area contributed by atoms with Crippen molar-refractivity contribution in [2.75, 3.05) is 20.2 Å². The molecule has 9 nitrogen and oxygen atoms in total. The van der Waals surface area contributed by atoms with Crippen molar-refractivity contribution in [1.82, 2.24) is 25.1 Å². The second-order valence-corrected chi connectivity index (χ2v) is 12.0. The van der Waals surface area contributed by atoms with Gasteiger partial charge in [0.05, 0.1) is 16.7 Å². The van der Waals surface area contributed by atoms with Gasteiger partial charge in [0.1, 0.15) is 0 Å².